The Bertz CT molecular complexity index is 595. The zero-order valence-corrected chi connectivity index (χ0v) is 12.4. The van der Waals surface area contributed by atoms with Gasteiger partial charge in [0.25, 0.3) is 0 Å². The van der Waals surface area contributed by atoms with Crippen molar-refractivity contribution in [3.8, 4) is 5.75 Å². The fourth-order valence-electron chi connectivity index (χ4n) is 2.68. The highest BCUT2D eigenvalue weighted by molar-refractivity contribution is 5.23. The van der Waals surface area contributed by atoms with E-state index in [0.717, 1.165) is 25.9 Å². The Kier molecular flexibility index (Phi) is 5.00. The molecule has 0 aliphatic carbocycles. The molecule has 1 N–H and O–H groups in total. The molecular weight excluding hydrogens is 285 g/mol. The largest absolute Gasteiger partial charge is 0.482 e. The zero-order chi connectivity index (χ0) is 15.2. The van der Waals surface area contributed by atoms with Gasteiger partial charge in [-0.3, -0.25) is 0 Å². The Morgan fingerprint density at radius 2 is 2.18 bits per heavy atom. The predicted molar refractivity (Wildman–Crippen MR) is 78.9 cm³/mol. The van der Waals surface area contributed by atoms with Gasteiger partial charge < -0.3 is 14.6 Å². The third-order valence-corrected chi connectivity index (χ3v) is 3.86. The van der Waals surface area contributed by atoms with Crippen molar-refractivity contribution >= 4 is 0 Å². The summed E-state index contributed by atoms with van der Waals surface area (Å²) in [5.74, 6) is 1.47. The van der Waals surface area contributed by atoms with Crippen molar-refractivity contribution in [2.75, 3.05) is 13.1 Å². The van der Waals surface area contributed by atoms with Crippen LogP contribution in [0.15, 0.2) is 28.8 Å². The van der Waals surface area contributed by atoms with Crippen molar-refractivity contribution in [3.63, 3.8) is 0 Å². The van der Waals surface area contributed by atoms with Gasteiger partial charge in [0.2, 0.25) is 11.7 Å². The van der Waals surface area contributed by atoms with Crippen LogP contribution in [0.3, 0.4) is 0 Å². The summed E-state index contributed by atoms with van der Waals surface area (Å²) in [7, 11) is 0. The highest BCUT2D eigenvalue weighted by atomic mass is 19.1. The molecule has 1 aliphatic rings. The van der Waals surface area contributed by atoms with Gasteiger partial charge in [0, 0.05) is 6.42 Å². The maximum atomic E-state index is 13.4. The summed E-state index contributed by atoms with van der Waals surface area (Å²) in [6.45, 7) is 2.24. The Hall–Kier alpha value is -1.95. The van der Waals surface area contributed by atoms with Crippen LogP contribution in [0.4, 0.5) is 4.39 Å². The maximum absolute atomic E-state index is 13.4. The predicted octanol–water partition coefficient (Wildman–Crippen LogP) is 2.72. The van der Waals surface area contributed by atoms with Gasteiger partial charge in [0.1, 0.15) is 0 Å². The van der Waals surface area contributed by atoms with E-state index in [-0.39, 0.29) is 12.4 Å². The summed E-state index contributed by atoms with van der Waals surface area (Å²) in [4.78, 5) is 4.33. The van der Waals surface area contributed by atoms with E-state index < -0.39 is 5.82 Å². The molecule has 118 valence electrons. The van der Waals surface area contributed by atoms with Crippen LogP contribution in [-0.2, 0) is 13.0 Å². The van der Waals surface area contributed by atoms with Crippen molar-refractivity contribution in [1.29, 1.82) is 0 Å². The molecular formula is C16H20FN3O2. The highest BCUT2D eigenvalue weighted by Gasteiger charge is 2.16. The lowest BCUT2D eigenvalue weighted by molar-refractivity contribution is 0.271. The third-order valence-electron chi connectivity index (χ3n) is 3.86. The van der Waals surface area contributed by atoms with Crippen LogP contribution in [0.2, 0.25) is 0 Å². The second-order valence-corrected chi connectivity index (χ2v) is 5.57. The van der Waals surface area contributed by atoms with Crippen LogP contribution in [-0.4, -0.2) is 23.2 Å². The lowest BCUT2D eigenvalue weighted by Crippen LogP contribution is -2.14. The standard InChI is InChI=1S/C16H20FN3O2/c17-13-5-1-2-6-14(13)21-11-15-19-16(22-20-15)10-12-4-3-8-18-9-7-12/h1-2,5-6,12,18H,3-4,7-11H2. The average molecular weight is 305 g/mol. The van der Waals surface area contributed by atoms with E-state index in [0.29, 0.717) is 17.6 Å². The van der Waals surface area contributed by atoms with E-state index >= 15 is 0 Å². The van der Waals surface area contributed by atoms with Crippen LogP contribution in [0.5, 0.6) is 5.75 Å². The number of nitrogens with one attached hydrogen (secondary N) is 1. The molecule has 1 saturated heterocycles. The molecule has 0 bridgehead atoms. The molecule has 1 atom stereocenters. The number of hydrogen-bond donors (Lipinski definition) is 1. The number of aromatic nitrogens is 2. The molecule has 0 radical (unpaired) electrons. The molecule has 1 aliphatic heterocycles. The Morgan fingerprint density at radius 3 is 3.09 bits per heavy atom. The van der Waals surface area contributed by atoms with Crippen molar-refractivity contribution < 1.29 is 13.7 Å². The molecule has 2 aromatic rings. The molecule has 5 nitrogen and oxygen atoms in total. The Morgan fingerprint density at radius 1 is 1.27 bits per heavy atom. The monoisotopic (exact) mass is 305 g/mol. The third kappa shape index (κ3) is 4.04. The lowest BCUT2D eigenvalue weighted by atomic mass is 9.97. The Balaban J connectivity index is 1.53. The van der Waals surface area contributed by atoms with Crippen molar-refractivity contribution in [3.05, 3.63) is 41.8 Å². The number of halogens is 1. The van der Waals surface area contributed by atoms with Crippen molar-refractivity contribution in [1.82, 2.24) is 15.5 Å². The van der Waals surface area contributed by atoms with Gasteiger partial charge in [0.15, 0.2) is 18.2 Å². The van der Waals surface area contributed by atoms with Gasteiger partial charge in [-0.2, -0.15) is 4.98 Å². The van der Waals surface area contributed by atoms with E-state index in [4.69, 9.17) is 9.26 Å². The van der Waals surface area contributed by atoms with Crippen LogP contribution in [0.1, 0.15) is 31.0 Å². The van der Waals surface area contributed by atoms with E-state index in [2.05, 4.69) is 15.5 Å². The number of nitrogens with zero attached hydrogens (tertiary/aromatic N) is 2. The van der Waals surface area contributed by atoms with Gasteiger partial charge in [-0.15, -0.1) is 0 Å². The maximum Gasteiger partial charge on any atom is 0.227 e. The molecule has 2 heterocycles. The SMILES string of the molecule is Fc1ccccc1OCc1noc(CC2CCCNCC2)n1. The molecule has 1 unspecified atom stereocenters. The first-order valence-corrected chi connectivity index (χ1v) is 7.71. The molecule has 1 aromatic carbocycles. The van der Waals surface area contributed by atoms with E-state index in [1.54, 1.807) is 18.2 Å². The van der Waals surface area contributed by atoms with E-state index in [1.165, 1.54) is 18.9 Å². The lowest BCUT2D eigenvalue weighted by Gasteiger charge is -2.09. The number of ether oxygens (including phenoxy) is 1. The first-order chi connectivity index (χ1) is 10.8. The van der Waals surface area contributed by atoms with Gasteiger partial charge in [0.05, 0.1) is 0 Å². The summed E-state index contributed by atoms with van der Waals surface area (Å²) in [5, 5.41) is 7.29. The molecule has 3 rings (SSSR count). The minimum atomic E-state index is -0.392. The molecule has 1 aromatic heterocycles. The Labute approximate surface area is 128 Å². The normalized spacial score (nSPS) is 18.9. The van der Waals surface area contributed by atoms with Crippen LogP contribution in [0, 0.1) is 11.7 Å². The molecule has 0 saturated carbocycles. The van der Waals surface area contributed by atoms with E-state index in [9.17, 15) is 4.39 Å². The van der Waals surface area contributed by atoms with Gasteiger partial charge in [-0.25, -0.2) is 4.39 Å². The summed E-state index contributed by atoms with van der Waals surface area (Å²) < 4.78 is 24.1. The van der Waals surface area contributed by atoms with Gasteiger partial charge in [-0.05, 0) is 50.4 Å². The molecule has 0 amide bonds. The van der Waals surface area contributed by atoms with Crippen LogP contribution in [0.25, 0.3) is 0 Å². The summed E-state index contributed by atoms with van der Waals surface area (Å²) in [6.07, 6.45) is 4.29. The minimum Gasteiger partial charge on any atom is -0.482 e. The quantitative estimate of drug-likeness (QED) is 0.920. The number of rotatable bonds is 5. The zero-order valence-electron chi connectivity index (χ0n) is 12.4. The topological polar surface area (TPSA) is 60.2 Å². The average Bonchev–Trinajstić information content (AvgIpc) is 2.81. The van der Waals surface area contributed by atoms with Crippen molar-refractivity contribution in [2.45, 2.75) is 32.3 Å². The summed E-state index contributed by atoms with van der Waals surface area (Å²) in [5.41, 5.74) is 0. The fourth-order valence-corrected chi connectivity index (χ4v) is 2.68. The first kappa shape index (κ1) is 15.0. The fraction of sp³-hybridized carbons (Fsp3) is 0.500. The van der Waals surface area contributed by atoms with Gasteiger partial charge >= 0.3 is 0 Å². The summed E-state index contributed by atoms with van der Waals surface area (Å²) in [6, 6.07) is 6.28. The molecule has 6 heteroatoms. The van der Waals surface area contributed by atoms with E-state index in [1.807, 2.05) is 0 Å². The molecule has 0 spiro atoms. The van der Waals surface area contributed by atoms with Gasteiger partial charge in [-0.1, -0.05) is 17.3 Å². The second-order valence-electron chi connectivity index (χ2n) is 5.57. The minimum absolute atomic E-state index is 0.108. The molecule has 22 heavy (non-hydrogen) atoms. The van der Waals surface area contributed by atoms with Crippen LogP contribution < -0.4 is 10.1 Å². The first-order valence-electron chi connectivity index (χ1n) is 7.71. The second kappa shape index (κ2) is 7.35. The number of para-hydroxylation sites is 1. The number of benzene rings is 1. The molecule has 1 fully saturated rings. The smallest absolute Gasteiger partial charge is 0.227 e. The van der Waals surface area contributed by atoms with Crippen molar-refractivity contribution in [2.24, 2.45) is 5.92 Å². The highest BCUT2D eigenvalue weighted by Crippen LogP contribution is 2.19. The summed E-state index contributed by atoms with van der Waals surface area (Å²) >= 11 is 0. The van der Waals surface area contributed by atoms with Crippen LogP contribution >= 0.6 is 0 Å². The number of hydrogen-bond acceptors (Lipinski definition) is 5.